The molecule has 0 atom stereocenters. The first kappa shape index (κ1) is 16.2. The molecule has 0 saturated heterocycles. The predicted octanol–water partition coefficient (Wildman–Crippen LogP) is 4.15. The Balaban J connectivity index is 1.93. The van der Waals surface area contributed by atoms with E-state index in [0.29, 0.717) is 5.75 Å². The molecular weight excluding hydrogens is 308 g/mol. The highest BCUT2D eigenvalue weighted by Gasteiger charge is 2.27. The molecule has 1 saturated carbocycles. The Morgan fingerprint density at radius 2 is 1.83 bits per heavy atom. The normalized spacial score (nSPS) is 14.6. The molecule has 1 heterocycles. The summed E-state index contributed by atoms with van der Waals surface area (Å²) in [7, 11) is 0. The molecule has 7 nitrogen and oxygen atoms in total. The average Bonchev–Trinajstić information content (AvgIpc) is 2.99. The van der Waals surface area contributed by atoms with Crippen molar-refractivity contribution in [1.82, 2.24) is 9.97 Å². The Morgan fingerprint density at radius 1 is 1.17 bits per heavy atom. The van der Waals surface area contributed by atoms with Gasteiger partial charge in [-0.15, -0.1) is 0 Å². The van der Waals surface area contributed by atoms with Gasteiger partial charge >= 0.3 is 11.6 Å². The summed E-state index contributed by atoms with van der Waals surface area (Å²) in [5, 5.41) is 14.7. The van der Waals surface area contributed by atoms with Crippen LogP contribution in [0.1, 0.15) is 36.8 Å². The molecule has 0 bridgehead atoms. The molecule has 0 amide bonds. The van der Waals surface area contributed by atoms with Crippen LogP contribution in [0.5, 0.6) is 11.6 Å². The van der Waals surface area contributed by atoms with Crippen LogP contribution in [-0.2, 0) is 0 Å². The topological polar surface area (TPSA) is 90.2 Å². The molecule has 126 valence electrons. The summed E-state index contributed by atoms with van der Waals surface area (Å²) in [5.41, 5.74) is 1.82. The van der Waals surface area contributed by atoms with Crippen LogP contribution < -0.4 is 10.1 Å². The Bertz CT molecular complexity index is 737. The van der Waals surface area contributed by atoms with E-state index >= 15 is 0 Å². The lowest BCUT2D eigenvalue weighted by molar-refractivity contribution is -0.385. The Morgan fingerprint density at radius 3 is 2.46 bits per heavy atom. The summed E-state index contributed by atoms with van der Waals surface area (Å²) in [6.45, 7) is 3.89. The first-order valence-corrected chi connectivity index (χ1v) is 8.05. The Kier molecular flexibility index (Phi) is 4.59. The van der Waals surface area contributed by atoms with E-state index in [0.717, 1.165) is 36.8 Å². The largest absolute Gasteiger partial charge is 0.434 e. The van der Waals surface area contributed by atoms with E-state index in [1.54, 1.807) is 0 Å². The van der Waals surface area contributed by atoms with Crippen molar-refractivity contribution in [2.75, 3.05) is 5.32 Å². The van der Waals surface area contributed by atoms with Gasteiger partial charge in [-0.1, -0.05) is 18.9 Å². The van der Waals surface area contributed by atoms with Crippen LogP contribution in [-0.4, -0.2) is 20.9 Å². The maximum atomic E-state index is 11.5. The number of benzene rings is 1. The number of aryl methyl sites for hydroxylation is 2. The highest BCUT2D eigenvalue weighted by atomic mass is 16.6. The third kappa shape index (κ3) is 3.61. The van der Waals surface area contributed by atoms with Gasteiger partial charge in [0.15, 0.2) is 0 Å². The highest BCUT2D eigenvalue weighted by Crippen LogP contribution is 2.36. The van der Waals surface area contributed by atoms with Gasteiger partial charge in [0.25, 0.3) is 0 Å². The van der Waals surface area contributed by atoms with Crippen LogP contribution in [0.25, 0.3) is 0 Å². The van der Waals surface area contributed by atoms with Crippen molar-refractivity contribution in [3.05, 3.63) is 45.8 Å². The SMILES string of the molecule is Cc1cc(C)cc(Oc2ncnc(NC3CCCC3)c2[N+](=O)[O-])c1. The summed E-state index contributed by atoms with van der Waals surface area (Å²) >= 11 is 0. The first-order chi connectivity index (χ1) is 11.5. The minimum atomic E-state index is -0.491. The summed E-state index contributed by atoms with van der Waals surface area (Å²) in [6, 6.07) is 5.87. The van der Waals surface area contributed by atoms with E-state index in [1.807, 2.05) is 32.0 Å². The van der Waals surface area contributed by atoms with E-state index in [9.17, 15) is 10.1 Å². The summed E-state index contributed by atoms with van der Waals surface area (Å²) in [5.74, 6) is 0.711. The van der Waals surface area contributed by atoms with Gasteiger partial charge in [0.2, 0.25) is 5.82 Å². The van der Waals surface area contributed by atoms with Gasteiger partial charge < -0.3 is 10.1 Å². The molecule has 0 unspecified atom stereocenters. The molecule has 1 aromatic carbocycles. The third-order valence-electron chi connectivity index (χ3n) is 4.08. The number of nitro groups is 1. The lowest BCUT2D eigenvalue weighted by atomic mass is 10.1. The van der Waals surface area contributed by atoms with Crippen molar-refractivity contribution in [2.45, 2.75) is 45.6 Å². The number of nitrogens with zero attached hydrogens (tertiary/aromatic N) is 3. The average molecular weight is 328 g/mol. The number of aromatic nitrogens is 2. The van der Waals surface area contributed by atoms with Crippen LogP contribution >= 0.6 is 0 Å². The van der Waals surface area contributed by atoms with Crippen molar-refractivity contribution in [3.8, 4) is 11.6 Å². The van der Waals surface area contributed by atoms with Gasteiger partial charge in [0, 0.05) is 6.04 Å². The van der Waals surface area contributed by atoms with Crippen LogP contribution in [0.4, 0.5) is 11.5 Å². The number of rotatable bonds is 5. The molecule has 1 aliphatic carbocycles. The second-order valence-electron chi connectivity index (χ2n) is 6.18. The smallest absolute Gasteiger partial charge is 0.373 e. The van der Waals surface area contributed by atoms with Gasteiger partial charge in [-0.2, -0.15) is 4.98 Å². The van der Waals surface area contributed by atoms with Gasteiger partial charge in [0.05, 0.1) is 4.92 Å². The van der Waals surface area contributed by atoms with Crippen molar-refractivity contribution >= 4 is 11.5 Å². The number of hydrogen-bond donors (Lipinski definition) is 1. The van der Waals surface area contributed by atoms with E-state index in [1.165, 1.54) is 6.33 Å². The molecule has 1 N–H and O–H groups in total. The number of nitrogens with one attached hydrogen (secondary N) is 1. The van der Waals surface area contributed by atoms with Crippen LogP contribution in [0.2, 0.25) is 0 Å². The quantitative estimate of drug-likeness (QED) is 0.655. The van der Waals surface area contributed by atoms with Crippen molar-refractivity contribution < 1.29 is 9.66 Å². The Labute approximate surface area is 140 Å². The summed E-state index contributed by atoms with van der Waals surface area (Å²) < 4.78 is 5.70. The molecule has 3 rings (SSSR count). The second-order valence-corrected chi connectivity index (χ2v) is 6.18. The lowest BCUT2D eigenvalue weighted by Crippen LogP contribution is -2.17. The zero-order valence-electron chi connectivity index (χ0n) is 13.8. The van der Waals surface area contributed by atoms with Crippen molar-refractivity contribution in [3.63, 3.8) is 0 Å². The zero-order chi connectivity index (χ0) is 17.1. The van der Waals surface area contributed by atoms with E-state index in [-0.39, 0.29) is 23.4 Å². The Hall–Kier alpha value is -2.70. The van der Waals surface area contributed by atoms with Gasteiger partial charge in [-0.25, -0.2) is 4.98 Å². The molecule has 1 aromatic heterocycles. The minimum Gasteiger partial charge on any atom is -0.434 e. The third-order valence-corrected chi connectivity index (χ3v) is 4.08. The minimum absolute atomic E-state index is 0.0412. The van der Waals surface area contributed by atoms with Gasteiger partial charge in [-0.05, 0) is 49.9 Å². The van der Waals surface area contributed by atoms with Gasteiger partial charge in [-0.3, -0.25) is 10.1 Å². The van der Waals surface area contributed by atoms with E-state index in [4.69, 9.17) is 4.74 Å². The molecule has 2 aromatic rings. The molecule has 1 aliphatic rings. The molecule has 0 aliphatic heterocycles. The van der Waals surface area contributed by atoms with Crippen LogP contribution in [0.3, 0.4) is 0 Å². The standard InChI is InChI=1S/C17H20N4O3/c1-11-7-12(2)9-14(8-11)24-17-15(21(22)23)16(18-10-19-17)20-13-5-3-4-6-13/h7-10,13H,3-6H2,1-2H3,(H,18,19,20). The molecular formula is C17H20N4O3. The second kappa shape index (κ2) is 6.82. The maximum absolute atomic E-state index is 11.5. The highest BCUT2D eigenvalue weighted by molar-refractivity contribution is 5.62. The predicted molar refractivity (Wildman–Crippen MR) is 90.6 cm³/mol. The van der Waals surface area contributed by atoms with E-state index in [2.05, 4.69) is 15.3 Å². The summed E-state index contributed by atoms with van der Waals surface area (Å²) in [6.07, 6.45) is 5.54. The number of anilines is 1. The molecule has 24 heavy (non-hydrogen) atoms. The summed E-state index contributed by atoms with van der Waals surface area (Å²) in [4.78, 5) is 19.1. The van der Waals surface area contributed by atoms with Crippen molar-refractivity contribution in [1.29, 1.82) is 0 Å². The van der Waals surface area contributed by atoms with Crippen molar-refractivity contribution in [2.24, 2.45) is 0 Å². The molecule has 0 spiro atoms. The first-order valence-electron chi connectivity index (χ1n) is 8.05. The maximum Gasteiger partial charge on any atom is 0.373 e. The van der Waals surface area contributed by atoms with Crippen LogP contribution in [0.15, 0.2) is 24.5 Å². The fraction of sp³-hybridized carbons (Fsp3) is 0.412. The monoisotopic (exact) mass is 328 g/mol. The number of ether oxygens (including phenoxy) is 1. The van der Waals surface area contributed by atoms with Crippen LogP contribution in [0, 0.1) is 24.0 Å². The molecule has 0 radical (unpaired) electrons. The number of hydrogen-bond acceptors (Lipinski definition) is 6. The fourth-order valence-electron chi connectivity index (χ4n) is 3.07. The molecule has 1 fully saturated rings. The fourth-order valence-corrected chi connectivity index (χ4v) is 3.07. The zero-order valence-corrected chi connectivity index (χ0v) is 13.8. The lowest BCUT2D eigenvalue weighted by Gasteiger charge is -2.14. The molecule has 7 heteroatoms. The van der Waals surface area contributed by atoms with Gasteiger partial charge in [0.1, 0.15) is 12.1 Å². The van der Waals surface area contributed by atoms with E-state index < -0.39 is 4.92 Å².